The van der Waals surface area contributed by atoms with E-state index < -0.39 is 0 Å². The van der Waals surface area contributed by atoms with Crippen LogP contribution >= 0.6 is 0 Å². The minimum absolute atomic E-state index is 0.726. The molecule has 0 spiro atoms. The first-order valence-corrected chi connectivity index (χ1v) is 4.55. The molecule has 1 fully saturated rings. The highest BCUT2D eigenvalue weighted by Gasteiger charge is 2.04. The van der Waals surface area contributed by atoms with Crippen LogP contribution in [-0.4, -0.2) is 6.29 Å². The Hall–Kier alpha value is -0.590. The van der Waals surface area contributed by atoms with Gasteiger partial charge >= 0.3 is 0 Å². The quantitative estimate of drug-likeness (QED) is 0.344. The van der Waals surface area contributed by atoms with Crippen molar-refractivity contribution < 1.29 is 4.79 Å². The maximum atomic E-state index is 9.98. The topological polar surface area (TPSA) is 17.1 Å². The van der Waals surface area contributed by atoms with Gasteiger partial charge in [0, 0.05) is 6.42 Å². The molecular weight excluding hydrogens is 136 g/mol. The molecule has 1 rings (SSSR count). The summed E-state index contributed by atoms with van der Waals surface area (Å²) in [6, 6.07) is 0. The van der Waals surface area contributed by atoms with Crippen LogP contribution in [0.2, 0.25) is 0 Å². The molecule has 0 aromatic carbocycles. The molecule has 0 N–H and O–H groups in total. The molecule has 0 unspecified atom stereocenters. The predicted octanol–water partition coefficient (Wildman–Crippen LogP) is 2.86. The summed E-state index contributed by atoms with van der Waals surface area (Å²) < 4.78 is 0. The van der Waals surface area contributed by atoms with Crippen molar-refractivity contribution in [2.24, 2.45) is 0 Å². The van der Waals surface area contributed by atoms with Crippen molar-refractivity contribution in [2.75, 3.05) is 0 Å². The van der Waals surface area contributed by atoms with Gasteiger partial charge in [0.25, 0.3) is 0 Å². The number of carbonyl (C=O) groups excluding carboxylic acids is 1. The van der Waals surface area contributed by atoms with E-state index in [0.29, 0.717) is 0 Å². The van der Waals surface area contributed by atoms with Gasteiger partial charge in [-0.1, -0.05) is 11.6 Å². The van der Waals surface area contributed by atoms with Gasteiger partial charge in [0.15, 0.2) is 0 Å². The second-order valence-corrected chi connectivity index (χ2v) is 3.17. The molecule has 0 aliphatic heterocycles. The molecule has 1 aliphatic carbocycles. The fourth-order valence-electron chi connectivity index (χ4n) is 1.54. The standard InChI is InChI=1S/C10H16O/c11-9-5-1-2-6-10-7-3-4-8-10/h6,9H,1-5,7-8H2. The molecule has 0 aromatic heterocycles. The van der Waals surface area contributed by atoms with Crippen molar-refractivity contribution >= 4 is 6.29 Å². The SMILES string of the molecule is O=CCCCC=C1CCCC1. The maximum absolute atomic E-state index is 9.98. The Labute approximate surface area is 68.5 Å². The number of hydrogen-bond donors (Lipinski definition) is 0. The third kappa shape index (κ3) is 3.35. The van der Waals surface area contributed by atoms with Gasteiger partial charge in [-0.25, -0.2) is 0 Å². The second kappa shape index (κ2) is 5.11. The molecule has 1 nitrogen and oxygen atoms in total. The normalized spacial score (nSPS) is 16.9. The summed E-state index contributed by atoms with van der Waals surface area (Å²) in [7, 11) is 0. The smallest absolute Gasteiger partial charge is 0.120 e. The lowest BCUT2D eigenvalue weighted by Gasteiger charge is -1.93. The Morgan fingerprint density at radius 3 is 2.55 bits per heavy atom. The maximum Gasteiger partial charge on any atom is 0.120 e. The van der Waals surface area contributed by atoms with E-state index in [9.17, 15) is 4.79 Å². The van der Waals surface area contributed by atoms with Crippen LogP contribution in [0.25, 0.3) is 0 Å². The average molecular weight is 152 g/mol. The summed E-state index contributed by atoms with van der Waals surface area (Å²) in [5.74, 6) is 0. The summed E-state index contributed by atoms with van der Waals surface area (Å²) in [5, 5.41) is 0. The van der Waals surface area contributed by atoms with E-state index >= 15 is 0 Å². The minimum Gasteiger partial charge on any atom is -0.303 e. The first-order valence-electron chi connectivity index (χ1n) is 4.55. The molecule has 0 amide bonds. The number of hydrogen-bond acceptors (Lipinski definition) is 1. The van der Waals surface area contributed by atoms with Crippen LogP contribution in [0.4, 0.5) is 0 Å². The van der Waals surface area contributed by atoms with Crippen LogP contribution in [0.5, 0.6) is 0 Å². The zero-order valence-electron chi connectivity index (χ0n) is 7.01. The van der Waals surface area contributed by atoms with Gasteiger partial charge in [0.05, 0.1) is 0 Å². The van der Waals surface area contributed by atoms with E-state index in [0.717, 1.165) is 25.5 Å². The van der Waals surface area contributed by atoms with E-state index in [1.807, 2.05) is 0 Å². The first-order chi connectivity index (χ1) is 5.43. The van der Waals surface area contributed by atoms with Crippen molar-refractivity contribution in [3.05, 3.63) is 11.6 Å². The van der Waals surface area contributed by atoms with Gasteiger partial charge in [-0.15, -0.1) is 0 Å². The van der Waals surface area contributed by atoms with Gasteiger partial charge in [0.2, 0.25) is 0 Å². The monoisotopic (exact) mass is 152 g/mol. The third-order valence-electron chi connectivity index (χ3n) is 2.20. The van der Waals surface area contributed by atoms with Gasteiger partial charge in [-0.05, 0) is 38.5 Å². The summed E-state index contributed by atoms with van der Waals surface area (Å²) in [6.45, 7) is 0. The molecule has 0 bridgehead atoms. The Bertz CT molecular complexity index is 139. The van der Waals surface area contributed by atoms with E-state index in [4.69, 9.17) is 0 Å². The van der Waals surface area contributed by atoms with Crippen LogP contribution in [-0.2, 0) is 4.79 Å². The first kappa shape index (κ1) is 8.51. The molecule has 1 aliphatic rings. The molecular formula is C10H16O. The highest BCUT2D eigenvalue weighted by atomic mass is 16.1. The van der Waals surface area contributed by atoms with Gasteiger partial charge in [-0.3, -0.25) is 0 Å². The highest BCUT2D eigenvalue weighted by Crippen LogP contribution is 2.24. The number of rotatable bonds is 4. The lowest BCUT2D eigenvalue weighted by molar-refractivity contribution is -0.107. The Kier molecular flexibility index (Phi) is 3.95. The van der Waals surface area contributed by atoms with E-state index in [2.05, 4.69) is 6.08 Å². The van der Waals surface area contributed by atoms with Gasteiger partial charge in [0.1, 0.15) is 6.29 Å². The summed E-state index contributed by atoms with van der Waals surface area (Å²) >= 11 is 0. The molecule has 0 saturated heterocycles. The number of unbranched alkanes of at least 4 members (excludes halogenated alkanes) is 2. The zero-order chi connectivity index (χ0) is 7.94. The van der Waals surface area contributed by atoms with E-state index in [1.54, 1.807) is 5.57 Å². The lowest BCUT2D eigenvalue weighted by Crippen LogP contribution is -1.76. The Morgan fingerprint density at radius 1 is 1.18 bits per heavy atom. The van der Waals surface area contributed by atoms with E-state index in [-0.39, 0.29) is 0 Å². The minimum atomic E-state index is 0.726. The molecule has 1 heteroatoms. The van der Waals surface area contributed by atoms with Crippen molar-refractivity contribution in [2.45, 2.75) is 44.9 Å². The molecule has 0 atom stereocenters. The molecule has 0 radical (unpaired) electrons. The zero-order valence-corrected chi connectivity index (χ0v) is 7.01. The average Bonchev–Trinajstić information content (AvgIpc) is 2.50. The molecule has 11 heavy (non-hydrogen) atoms. The van der Waals surface area contributed by atoms with Crippen molar-refractivity contribution in [3.63, 3.8) is 0 Å². The predicted molar refractivity (Wildman–Crippen MR) is 46.5 cm³/mol. The van der Waals surface area contributed by atoms with E-state index in [1.165, 1.54) is 25.7 Å². The largest absolute Gasteiger partial charge is 0.303 e. The van der Waals surface area contributed by atoms with Crippen LogP contribution in [0, 0.1) is 0 Å². The number of allylic oxidation sites excluding steroid dienone is 2. The highest BCUT2D eigenvalue weighted by molar-refractivity contribution is 5.49. The van der Waals surface area contributed by atoms with Crippen LogP contribution < -0.4 is 0 Å². The molecule has 0 aromatic rings. The Morgan fingerprint density at radius 2 is 1.91 bits per heavy atom. The van der Waals surface area contributed by atoms with Crippen LogP contribution in [0.3, 0.4) is 0 Å². The molecule has 1 saturated carbocycles. The molecule has 0 heterocycles. The lowest BCUT2D eigenvalue weighted by atomic mass is 10.1. The summed E-state index contributed by atoms with van der Waals surface area (Å²) in [6.07, 6.45) is 11.6. The van der Waals surface area contributed by atoms with Crippen LogP contribution in [0.1, 0.15) is 44.9 Å². The fraction of sp³-hybridized carbons (Fsp3) is 0.700. The van der Waals surface area contributed by atoms with Crippen LogP contribution in [0.15, 0.2) is 11.6 Å². The Balaban J connectivity index is 2.08. The summed E-state index contributed by atoms with van der Waals surface area (Å²) in [5.41, 5.74) is 1.62. The van der Waals surface area contributed by atoms with Crippen molar-refractivity contribution in [1.82, 2.24) is 0 Å². The summed E-state index contributed by atoms with van der Waals surface area (Å²) in [4.78, 5) is 9.98. The van der Waals surface area contributed by atoms with Gasteiger partial charge in [-0.2, -0.15) is 0 Å². The van der Waals surface area contributed by atoms with Crippen molar-refractivity contribution in [3.8, 4) is 0 Å². The fourth-order valence-corrected chi connectivity index (χ4v) is 1.54. The van der Waals surface area contributed by atoms with Crippen molar-refractivity contribution in [1.29, 1.82) is 0 Å². The number of carbonyl (C=O) groups is 1. The third-order valence-corrected chi connectivity index (χ3v) is 2.20. The number of aldehydes is 1. The van der Waals surface area contributed by atoms with Gasteiger partial charge < -0.3 is 4.79 Å². The molecule has 62 valence electrons. The second-order valence-electron chi connectivity index (χ2n) is 3.17.